The highest BCUT2D eigenvalue weighted by Gasteiger charge is 2.34. The highest BCUT2D eigenvalue weighted by atomic mass is 32.2. The standard InChI is InChI=1S/C32H41N3O4S/c1-7-26(6)33-32(37)29(8-2)34(21-27-15-11-9-13-24(27)4)31(36)22-35(30-16-12-10-14-25(30)5)40(38,39)28-19-17-23(3)18-20-28/h9-20,26,29H,7-8,21-22H2,1-6H3,(H,33,37)/t26-,29-/m0/s1. The van der Waals surface area contributed by atoms with Crippen LogP contribution in [0.2, 0.25) is 0 Å². The molecule has 40 heavy (non-hydrogen) atoms. The van der Waals surface area contributed by atoms with Gasteiger partial charge in [-0.2, -0.15) is 0 Å². The van der Waals surface area contributed by atoms with E-state index >= 15 is 0 Å². The van der Waals surface area contributed by atoms with Crippen molar-refractivity contribution in [1.29, 1.82) is 0 Å². The van der Waals surface area contributed by atoms with Crippen LogP contribution in [0.15, 0.2) is 77.7 Å². The second-order valence-electron chi connectivity index (χ2n) is 10.3. The van der Waals surface area contributed by atoms with E-state index in [9.17, 15) is 18.0 Å². The number of hydrogen-bond acceptors (Lipinski definition) is 4. The second kappa shape index (κ2) is 13.6. The van der Waals surface area contributed by atoms with Crippen molar-refractivity contribution < 1.29 is 18.0 Å². The first-order valence-electron chi connectivity index (χ1n) is 13.8. The van der Waals surface area contributed by atoms with E-state index in [4.69, 9.17) is 0 Å². The lowest BCUT2D eigenvalue weighted by atomic mass is 10.1. The van der Waals surface area contributed by atoms with Gasteiger partial charge in [-0.25, -0.2) is 8.42 Å². The molecule has 3 aromatic carbocycles. The first-order chi connectivity index (χ1) is 19.0. The lowest BCUT2D eigenvalue weighted by Crippen LogP contribution is -2.53. The predicted molar refractivity (Wildman–Crippen MR) is 161 cm³/mol. The third-order valence-corrected chi connectivity index (χ3v) is 9.03. The van der Waals surface area contributed by atoms with Gasteiger partial charge in [0.2, 0.25) is 11.8 Å². The van der Waals surface area contributed by atoms with Crippen LogP contribution in [-0.2, 0) is 26.2 Å². The van der Waals surface area contributed by atoms with E-state index in [1.54, 1.807) is 36.4 Å². The van der Waals surface area contributed by atoms with Crippen molar-refractivity contribution >= 4 is 27.5 Å². The van der Waals surface area contributed by atoms with Crippen LogP contribution >= 0.6 is 0 Å². The number of benzene rings is 3. The summed E-state index contributed by atoms with van der Waals surface area (Å²) in [6, 6.07) is 20.6. The Hall–Kier alpha value is -3.65. The molecular weight excluding hydrogens is 522 g/mol. The van der Waals surface area contributed by atoms with Crippen molar-refractivity contribution in [2.75, 3.05) is 10.8 Å². The summed E-state index contributed by atoms with van der Waals surface area (Å²) in [7, 11) is -4.09. The molecule has 0 bridgehead atoms. The monoisotopic (exact) mass is 563 g/mol. The van der Waals surface area contributed by atoms with E-state index in [1.165, 1.54) is 9.21 Å². The summed E-state index contributed by atoms with van der Waals surface area (Å²) in [5.74, 6) is -0.698. The summed E-state index contributed by atoms with van der Waals surface area (Å²) in [4.78, 5) is 29.2. The molecule has 2 amide bonds. The molecule has 8 heteroatoms. The molecule has 0 aliphatic heterocycles. The molecular formula is C32H41N3O4S. The quantitative estimate of drug-likeness (QED) is 0.314. The van der Waals surface area contributed by atoms with Gasteiger partial charge in [0.1, 0.15) is 12.6 Å². The molecule has 0 aromatic heterocycles. The SMILES string of the molecule is CC[C@H](C)NC(=O)[C@H](CC)N(Cc1ccccc1C)C(=O)CN(c1ccccc1C)S(=O)(=O)c1ccc(C)cc1. The highest BCUT2D eigenvalue weighted by Crippen LogP contribution is 2.28. The summed E-state index contributed by atoms with van der Waals surface area (Å²) in [5, 5.41) is 3.01. The number of hydrogen-bond donors (Lipinski definition) is 1. The molecule has 0 aliphatic carbocycles. The summed E-state index contributed by atoms with van der Waals surface area (Å²) in [5.41, 5.74) is 3.96. The van der Waals surface area contributed by atoms with Gasteiger partial charge in [-0.15, -0.1) is 0 Å². The minimum Gasteiger partial charge on any atom is -0.352 e. The van der Waals surface area contributed by atoms with Gasteiger partial charge in [-0.3, -0.25) is 13.9 Å². The van der Waals surface area contributed by atoms with Crippen LogP contribution < -0.4 is 9.62 Å². The predicted octanol–water partition coefficient (Wildman–Crippen LogP) is 5.53. The molecule has 3 aromatic rings. The maximum Gasteiger partial charge on any atom is 0.264 e. The maximum absolute atomic E-state index is 14.2. The Balaban J connectivity index is 2.08. The number of anilines is 1. The average Bonchev–Trinajstić information content (AvgIpc) is 2.93. The topological polar surface area (TPSA) is 86.8 Å². The molecule has 0 unspecified atom stereocenters. The van der Waals surface area contributed by atoms with Crippen LogP contribution in [0, 0.1) is 20.8 Å². The summed E-state index contributed by atoms with van der Waals surface area (Å²) in [6.07, 6.45) is 1.14. The van der Waals surface area contributed by atoms with E-state index in [0.29, 0.717) is 12.1 Å². The summed E-state index contributed by atoms with van der Waals surface area (Å²) < 4.78 is 29.2. The number of aryl methyl sites for hydroxylation is 3. The Kier molecular flexibility index (Phi) is 10.5. The average molecular weight is 564 g/mol. The van der Waals surface area contributed by atoms with Crippen LogP contribution in [-0.4, -0.2) is 43.8 Å². The molecule has 0 heterocycles. The second-order valence-corrected chi connectivity index (χ2v) is 12.2. The van der Waals surface area contributed by atoms with Gasteiger partial charge < -0.3 is 10.2 Å². The van der Waals surface area contributed by atoms with E-state index in [2.05, 4.69) is 5.32 Å². The Morgan fingerprint density at radius 3 is 2.00 bits per heavy atom. The highest BCUT2D eigenvalue weighted by molar-refractivity contribution is 7.92. The molecule has 7 nitrogen and oxygen atoms in total. The molecule has 0 saturated carbocycles. The summed E-state index contributed by atoms with van der Waals surface area (Å²) in [6.45, 7) is 11.2. The van der Waals surface area contributed by atoms with Crippen LogP contribution in [0.1, 0.15) is 55.9 Å². The first-order valence-corrected chi connectivity index (χ1v) is 15.2. The van der Waals surface area contributed by atoms with Crippen molar-refractivity contribution in [3.8, 4) is 0 Å². The van der Waals surface area contributed by atoms with Crippen LogP contribution in [0.3, 0.4) is 0 Å². The smallest absolute Gasteiger partial charge is 0.264 e. The fourth-order valence-corrected chi connectivity index (χ4v) is 6.00. The van der Waals surface area contributed by atoms with Crippen molar-refractivity contribution in [3.05, 3.63) is 95.1 Å². The largest absolute Gasteiger partial charge is 0.352 e. The summed E-state index contributed by atoms with van der Waals surface area (Å²) >= 11 is 0. The van der Waals surface area contributed by atoms with Crippen LogP contribution in [0.5, 0.6) is 0 Å². The van der Waals surface area contributed by atoms with Gasteiger partial charge in [0.05, 0.1) is 10.6 Å². The third-order valence-electron chi connectivity index (χ3n) is 7.26. The van der Waals surface area contributed by atoms with Crippen molar-refractivity contribution in [3.63, 3.8) is 0 Å². The maximum atomic E-state index is 14.2. The van der Waals surface area contributed by atoms with Gasteiger partial charge in [-0.05, 0) is 75.4 Å². The number of carbonyl (C=O) groups excluding carboxylic acids is 2. The normalized spacial score (nSPS) is 12.8. The van der Waals surface area contributed by atoms with Gasteiger partial charge >= 0.3 is 0 Å². The lowest BCUT2D eigenvalue weighted by Gasteiger charge is -2.34. The van der Waals surface area contributed by atoms with E-state index in [-0.39, 0.29) is 23.4 Å². The minimum absolute atomic E-state index is 0.0534. The Labute approximate surface area is 239 Å². The molecule has 3 rings (SSSR count). The molecule has 0 spiro atoms. The van der Waals surface area contributed by atoms with Gasteiger partial charge in [0.25, 0.3) is 10.0 Å². The number of nitrogens with one attached hydrogen (secondary N) is 1. The van der Waals surface area contributed by atoms with Crippen molar-refractivity contribution in [2.45, 2.75) is 77.9 Å². The molecule has 1 N–H and O–H groups in total. The number of para-hydroxylation sites is 1. The number of nitrogens with zero attached hydrogens (tertiary/aromatic N) is 2. The van der Waals surface area contributed by atoms with Crippen LogP contribution in [0.4, 0.5) is 5.69 Å². The van der Waals surface area contributed by atoms with Crippen LogP contribution in [0.25, 0.3) is 0 Å². The third kappa shape index (κ3) is 7.30. The van der Waals surface area contributed by atoms with E-state index in [1.807, 2.05) is 77.9 Å². The van der Waals surface area contributed by atoms with Gasteiger partial charge in [-0.1, -0.05) is 74.0 Å². The zero-order chi connectivity index (χ0) is 29.4. The number of amides is 2. The molecule has 0 saturated heterocycles. The Morgan fingerprint density at radius 1 is 0.825 bits per heavy atom. The van der Waals surface area contributed by atoms with Crippen molar-refractivity contribution in [1.82, 2.24) is 10.2 Å². The zero-order valence-electron chi connectivity index (χ0n) is 24.3. The zero-order valence-corrected chi connectivity index (χ0v) is 25.2. The molecule has 0 fully saturated rings. The molecule has 214 valence electrons. The number of rotatable bonds is 12. The first kappa shape index (κ1) is 30.9. The Morgan fingerprint density at radius 2 is 1.43 bits per heavy atom. The fraction of sp³-hybridized carbons (Fsp3) is 0.375. The molecule has 0 aliphatic rings. The Bertz CT molecular complexity index is 1420. The van der Waals surface area contributed by atoms with Gasteiger partial charge in [0.15, 0.2) is 0 Å². The minimum atomic E-state index is -4.09. The fourth-order valence-electron chi connectivity index (χ4n) is 4.53. The van der Waals surface area contributed by atoms with E-state index < -0.39 is 28.5 Å². The lowest BCUT2D eigenvalue weighted by molar-refractivity contribution is -0.140. The molecule has 0 radical (unpaired) electrons. The van der Waals surface area contributed by atoms with E-state index in [0.717, 1.165) is 28.7 Å². The molecule has 2 atom stereocenters. The van der Waals surface area contributed by atoms with Crippen molar-refractivity contribution in [2.24, 2.45) is 0 Å². The van der Waals surface area contributed by atoms with Gasteiger partial charge in [0, 0.05) is 12.6 Å². The number of carbonyl (C=O) groups is 2. The number of sulfonamides is 1.